The molecule has 1 heterocycles. The van der Waals surface area contributed by atoms with Crippen molar-refractivity contribution in [3.63, 3.8) is 0 Å². The molecule has 1 aromatic heterocycles. The maximum Gasteiger partial charge on any atom is 0.210 e. The number of methoxy groups -OCH3 is 2. The first kappa shape index (κ1) is 12.0. The van der Waals surface area contributed by atoms with Gasteiger partial charge in [-0.3, -0.25) is 0 Å². The molecular formula is C13H13N3O2. The number of H-pyrrole nitrogens is 1. The van der Waals surface area contributed by atoms with E-state index in [4.69, 9.17) is 14.7 Å². The van der Waals surface area contributed by atoms with Crippen LogP contribution in [0.15, 0.2) is 18.2 Å². The average Bonchev–Trinajstić information content (AvgIpc) is 2.79. The number of nitriles is 1. The Morgan fingerprint density at radius 1 is 1.17 bits per heavy atom. The van der Waals surface area contributed by atoms with Crippen molar-refractivity contribution in [3.8, 4) is 28.8 Å². The van der Waals surface area contributed by atoms with Crippen LogP contribution in [0.5, 0.6) is 11.5 Å². The van der Waals surface area contributed by atoms with Gasteiger partial charge in [-0.2, -0.15) is 5.26 Å². The molecule has 0 saturated heterocycles. The van der Waals surface area contributed by atoms with Crippen LogP contribution in [0.25, 0.3) is 11.3 Å². The summed E-state index contributed by atoms with van der Waals surface area (Å²) in [6.07, 6.45) is 0. The standard InChI is InChI=1S/C13H13N3O2/c1-8-13(16-12(7-14)15-8)9-4-10(17-2)6-11(5-9)18-3/h4-6H,1-3H3,(H,15,16). The van der Waals surface area contributed by atoms with E-state index in [2.05, 4.69) is 9.97 Å². The molecule has 2 rings (SSSR count). The second-order valence-corrected chi connectivity index (χ2v) is 3.77. The van der Waals surface area contributed by atoms with Gasteiger partial charge >= 0.3 is 0 Å². The highest BCUT2D eigenvalue weighted by Gasteiger charge is 2.11. The molecule has 5 nitrogen and oxygen atoms in total. The Labute approximate surface area is 105 Å². The quantitative estimate of drug-likeness (QED) is 0.897. The molecule has 1 N–H and O–H groups in total. The topological polar surface area (TPSA) is 70.9 Å². The summed E-state index contributed by atoms with van der Waals surface area (Å²) < 4.78 is 10.4. The van der Waals surface area contributed by atoms with E-state index in [1.54, 1.807) is 20.3 Å². The van der Waals surface area contributed by atoms with Crippen molar-refractivity contribution < 1.29 is 9.47 Å². The van der Waals surface area contributed by atoms with Crippen LogP contribution >= 0.6 is 0 Å². The van der Waals surface area contributed by atoms with Crippen molar-refractivity contribution in [2.24, 2.45) is 0 Å². The Morgan fingerprint density at radius 2 is 1.78 bits per heavy atom. The van der Waals surface area contributed by atoms with Gasteiger partial charge in [0.1, 0.15) is 17.6 Å². The van der Waals surface area contributed by atoms with Gasteiger partial charge in [-0.25, -0.2) is 4.98 Å². The first-order chi connectivity index (χ1) is 8.67. The van der Waals surface area contributed by atoms with E-state index in [0.717, 1.165) is 17.0 Å². The molecule has 0 atom stereocenters. The minimum absolute atomic E-state index is 0.296. The van der Waals surface area contributed by atoms with E-state index in [1.165, 1.54) is 0 Å². The summed E-state index contributed by atoms with van der Waals surface area (Å²) in [5.74, 6) is 1.67. The van der Waals surface area contributed by atoms with Gasteiger partial charge in [-0.15, -0.1) is 0 Å². The summed E-state index contributed by atoms with van der Waals surface area (Å²) in [6, 6.07) is 7.48. The Kier molecular flexibility index (Phi) is 3.20. The van der Waals surface area contributed by atoms with Crippen LogP contribution in [0.4, 0.5) is 0 Å². The second-order valence-electron chi connectivity index (χ2n) is 3.77. The Morgan fingerprint density at radius 3 is 2.22 bits per heavy atom. The molecule has 92 valence electrons. The van der Waals surface area contributed by atoms with Crippen LogP contribution in [0.3, 0.4) is 0 Å². The van der Waals surface area contributed by atoms with Crippen LogP contribution in [-0.2, 0) is 0 Å². The number of imidazole rings is 1. The van der Waals surface area contributed by atoms with Gasteiger partial charge in [0.25, 0.3) is 0 Å². The fourth-order valence-electron chi connectivity index (χ4n) is 1.74. The minimum Gasteiger partial charge on any atom is -0.497 e. The highest BCUT2D eigenvalue weighted by atomic mass is 16.5. The maximum atomic E-state index is 8.83. The van der Waals surface area contributed by atoms with Crippen LogP contribution < -0.4 is 9.47 Å². The van der Waals surface area contributed by atoms with E-state index in [9.17, 15) is 0 Å². The number of aromatic nitrogens is 2. The molecule has 0 aliphatic rings. The first-order valence-corrected chi connectivity index (χ1v) is 5.38. The third-order valence-corrected chi connectivity index (χ3v) is 2.62. The highest BCUT2D eigenvalue weighted by Crippen LogP contribution is 2.30. The van der Waals surface area contributed by atoms with Crippen molar-refractivity contribution in [2.45, 2.75) is 6.92 Å². The molecule has 0 bridgehead atoms. The number of nitrogens with one attached hydrogen (secondary N) is 1. The van der Waals surface area contributed by atoms with Crippen molar-refractivity contribution in [1.29, 1.82) is 5.26 Å². The summed E-state index contributed by atoms with van der Waals surface area (Å²) >= 11 is 0. The van der Waals surface area contributed by atoms with Gasteiger partial charge in [-0.1, -0.05) is 0 Å². The smallest absolute Gasteiger partial charge is 0.210 e. The van der Waals surface area contributed by atoms with Crippen LogP contribution in [-0.4, -0.2) is 24.2 Å². The van der Waals surface area contributed by atoms with Crippen molar-refractivity contribution in [3.05, 3.63) is 29.7 Å². The Hall–Kier alpha value is -2.48. The van der Waals surface area contributed by atoms with Crippen LogP contribution in [0, 0.1) is 18.3 Å². The van der Waals surface area contributed by atoms with Crippen molar-refractivity contribution in [2.75, 3.05) is 14.2 Å². The van der Waals surface area contributed by atoms with E-state index in [0.29, 0.717) is 17.3 Å². The summed E-state index contributed by atoms with van der Waals surface area (Å²) in [7, 11) is 3.19. The molecule has 2 aromatic rings. The zero-order valence-electron chi connectivity index (χ0n) is 10.4. The summed E-state index contributed by atoms with van der Waals surface area (Å²) in [5, 5.41) is 8.83. The van der Waals surface area contributed by atoms with Gasteiger partial charge in [0.15, 0.2) is 0 Å². The van der Waals surface area contributed by atoms with Gasteiger partial charge in [0.05, 0.1) is 19.9 Å². The zero-order valence-corrected chi connectivity index (χ0v) is 10.4. The molecule has 18 heavy (non-hydrogen) atoms. The zero-order chi connectivity index (χ0) is 13.1. The SMILES string of the molecule is COc1cc(OC)cc(-c2nc(C#N)[nH]c2C)c1. The number of aryl methyl sites for hydroxylation is 1. The molecule has 5 heteroatoms. The lowest BCUT2D eigenvalue weighted by Gasteiger charge is -2.07. The number of hydrogen-bond donors (Lipinski definition) is 1. The van der Waals surface area contributed by atoms with Crippen LogP contribution in [0.1, 0.15) is 11.5 Å². The molecule has 0 aliphatic heterocycles. The molecule has 0 aliphatic carbocycles. The Bertz CT molecular complexity index is 589. The molecule has 1 aromatic carbocycles. The molecule has 0 radical (unpaired) electrons. The third-order valence-electron chi connectivity index (χ3n) is 2.62. The first-order valence-electron chi connectivity index (χ1n) is 5.38. The Balaban J connectivity index is 2.55. The predicted octanol–water partition coefficient (Wildman–Crippen LogP) is 2.27. The molecule has 0 saturated carbocycles. The minimum atomic E-state index is 0.296. The van der Waals surface area contributed by atoms with E-state index >= 15 is 0 Å². The monoisotopic (exact) mass is 243 g/mol. The fraction of sp³-hybridized carbons (Fsp3) is 0.231. The van der Waals surface area contributed by atoms with Crippen molar-refractivity contribution in [1.82, 2.24) is 9.97 Å². The fourth-order valence-corrected chi connectivity index (χ4v) is 1.74. The average molecular weight is 243 g/mol. The van der Waals surface area contributed by atoms with Gasteiger partial charge < -0.3 is 14.5 Å². The van der Waals surface area contributed by atoms with Gasteiger partial charge in [-0.05, 0) is 19.1 Å². The molecule has 0 amide bonds. The third kappa shape index (κ3) is 2.13. The van der Waals surface area contributed by atoms with E-state index < -0.39 is 0 Å². The lowest BCUT2D eigenvalue weighted by Crippen LogP contribution is -1.90. The van der Waals surface area contributed by atoms with Crippen LogP contribution in [0.2, 0.25) is 0 Å². The lowest BCUT2D eigenvalue weighted by molar-refractivity contribution is 0.394. The van der Waals surface area contributed by atoms with Gasteiger partial charge in [0, 0.05) is 17.3 Å². The normalized spacial score (nSPS) is 9.89. The molecule has 0 spiro atoms. The predicted molar refractivity (Wildman–Crippen MR) is 66.6 cm³/mol. The van der Waals surface area contributed by atoms with E-state index in [1.807, 2.05) is 25.1 Å². The number of hydrogen-bond acceptors (Lipinski definition) is 4. The summed E-state index contributed by atoms with van der Waals surface area (Å²) in [4.78, 5) is 7.14. The lowest BCUT2D eigenvalue weighted by atomic mass is 10.1. The summed E-state index contributed by atoms with van der Waals surface area (Å²) in [5.41, 5.74) is 2.41. The number of aromatic amines is 1. The van der Waals surface area contributed by atoms with E-state index in [-0.39, 0.29) is 0 Å². The second kappa shape index (κ2) is 4.80. The molecule has 0 fully saturated rings. The number of rotatable bonds is 3. The van der Waals surface area contributed by atoms with Crippen molar-refractivity contribution >= 4 is 0 Å². The number of nitrogens with zero attached hydrogens (tertiary/aromatic N) is 2. The maximum absolute atomic E-state index is 8.83. The largest absolute Gasteiger partial charge is 0.497 e. The number of ether oxygens (including phenoxy) is 2. The molecular weight excluding hydrogens is 230 g/mol. The number of benzene rings is 1. The highest BCUT2D eigenvalue weighted by molar-refractivity contribution is 5.66. The molecule has 0 unspecified atom stereocenters. The van der Waals surface area contributed by atoms with Gasteiger partial charge in [0.2, 0.25) is 5.82 Å². The summed E-state index contributed by atoms with van der Waals surface area (Å²) in [6.45, 7) is 1.87.